The Morgan fingerprint density at radius 2 is 1.57 bits per heavy atom. The number of carboxylic acid groups (broad SMARTS) is 1. The van der Waals surface area contributed by atoms with Crippen molar-refractivity contribution in [1.29, 1.82) is 0 Å². The number of benzene rings is 2. The van der Waals surface area contributed by atoms with E-state index in [1.807, 2.05) is 24.3 Å². The topological polar surface area (TPSA) is 95.9 Å². The van der Waals surface area contributed by atoms with Crippen molar-refractivity contribution < 1.29 is 24.2 Å². The van der Waals surface area contributed by atoms with Crippen LogP contribution < -0.4 is 5.32 Å². The van der Waals surface area contributed by atoms with Gasteiger partial charge in [0.05, 0.1) is 0 Å². The van der Waals surface area contributed by atoms with Crippen molar-refractivity contribution in [2.45, 2.75) is 63.3 Å². The van der Waals surface area contributed by atoms with Gasteiger partial charge in [-0.1, -0.05) is 61.4 Å². The van der Waals surface area contributed by atoms with Crippen molar-refractivity contribution >= 4 is 18.0 Å². The lowest BCUT2D eigenvalue weighted by Gasteiger charge is -2.33. The number of ether oxygens (including phenoxy) is 1. The number of aliphatic carboxylic acids is 1. The van der Waals surface area contributed by atoms with Crippen LogP contribution in [0, 0.1) is 0 Å². The van der Waals surface area contributed by atoms with Gasteiger partial charge in [0.15, 0.2) is 0 Å². The minimum Gasteiger partial charge on any atom is -0.480 e. The maximum Gasteiger partial charge on any atom is 0.407 e. The number of hydrogen-bond acceptors (Lipinski definition) is 4. The molecule has 0 unspecified atom stereocenters. The Hall–Kier alpha value is -3.35. The second-order valence-corrected chi connectivity index (χ2v) is 9.35. The van der Waals surface area contributed by atoms with Gasteiger partial charge in [-0.3, -0.25) is 4.79 Å². The predicted molar refractivity (Wildman–Crippen MR) is 133 cm³/mol. The fourth-order valence-electron chi connectivity index (χ4n) is 5.23. The van der Waals surface area contributed by atoms with Crippen molar-refractivity contribution in [3.05, 3.63) is 59.7 Å². The number of unbranched alkanes of at least 4 members (excludes halogenated alkanes) is 3. The Bertz CT molecular complexity index is 1010. The molecule has 1 atom stereocenters. The van der Waals surface area contributed by atoms with Gasteiger partial charge in [0.2, 0.25) is 5.91 Å². The molecular weight excluding hydrogens is 444 g/mol. The van der Waals surface area contributed by atoms with Crippen molar-refractivity contribution in [1.82, 2.24) is 10.2 Å². The van der Waals surface area contributed by atoms with Gasteiger partial charge in [0.25, 0.3) is 0 Å². The van der Waals surface area contributed by atoms with Gasteiger partial charge >= 0.3 is 12.1 Å². The highest BCUT2D eigenvalue weighted by Gasteiger charge is 2.31. The Labute approximate surface area is 206 Å². The van der Waals surface area contributed by atoms with E-state index < -0.39 is 18.1 Å². The molecule has 0 saturated carbocycles. The average Bonchev–Trinajstić information content (AvgIpc) is 3.20. The third-order valence-corrected chi connectivity index (χ3v) is 7.04. The summed E-state index contributed by atoms with van der Waals surface area (Å²) in [5.74, 6) is -0.919. The fourth-order valence-corrected chi connectivity index (χ4v) is 5.23. The summed E-state index contributed by atoms with van der Waals surface area (Å²) in [5, 5.41) is 12.1. The van der Waals surface area contributed by atoms with E-state index in [2.05, 4.69) is 29.6 Å². The molecule has 7 heteroatoms. The zero-order valence-electron chi connectivity index (χ0n) is 20.1. The first kappa shape index (κ1) is 24.8. The van der Waals surface area contributed by atoms with Crippen LogP contribution in [0.25, 0.3) is 11.1 Å². The number of nitrogens with one attached hydrogen (secondary N) is 1. The van der Waals surface area contributed by atoms with Crippen molar-refractivity contribution in [3.63, 3.8) is 0 Å². The van der Waals surface area contributed by atoms with Crippen LogP contribution in [-0.2, 0) is 14.3 Å². The molecule has 35 heavy (non-hydrogen) atoms. The molecule has 2 aliphatic rings. The van der Waals surface area contributed by atoms with E-state index in [4.69, 9.17) is 4.74 Å². The van der Waals surface area contributed by atoms with Crippen LogP contribution in [0.1, 0.15) is 68.4 Å². The summed E-state index contributed by atoms with van der Waals surface area (Å²) in [6, 6.07) is 15.8. The molecule has 2 N–H and O–H groups in total. The van der Waals surface area contributed by atoms with E-state index in [0.717, 1.165) is 38.5 Å². The van der Waals surface area contributed by atoms with E-state index >= 15 is 0 Å². The van der Waals surface area contributed by atoms with Crippen LogP contribution in [0.4, 0.5) is 4.79 Å². The third kappa shape index (κ3) is 6.02. The molecule has 0 spiro atoms. The second-order valence-electron chi connectivity index (χ2n) is 9.35. The summed E-state index contributed by atoms with van der Waals surface area (Å²) in [4.78, 5) is 37.5. The molecule has 1 aliphatic heterocycles. The molecule has 0 radical (unpaired) electrons. The molecular formula is C28H34N2O5. The minimum absolute atomic E-state index is 0.0475. The number of piperidine rings is 1. The number of amides is 2. The van der Waals surface area contributed by atoms with Crippen LogP contribution in [0.3, 0.4) is 0 Å². The van der Waals surface area contributed by atoms with E-state index in [-0.39, 0.29) is 11.8 Å². The summed E-state index contributed by atoms with van der Waals surface area (Å²) >= 11 is 0. The van der Waals surface area contributed by atoms with Crippen LogP contribution in [0.15, 0.2) is 48.5 Å². The summed E-state index contributed by atoms with van der Waals surface area (Å²) < 4.78 is 5.55. The van der Waals surface area contributed by atoms with Crippen molar-refractivity contribution in [3.8, 4) is 11.1 Å². The van der Waals surface area contributed by atoms with Crippen molar-refractivity contribution in [2.75, 3.05) is 19.7 Å². The van der Waals surface area contributed by atoms with Gasteiger partial charge in [-0.25, -0.2) is 9.59 Å². The highest BCUT2D eigenvalue weighted by Crippen LogP contribution is 2.44. The molecule has 2 aromatic rings. The molecule has 1 fully saturated rings. The smallest absolute Gasteiger partial charge is 0.407 e. The Morgan fingerprint density at radius 1 is 0.914 bits per heavy atom. The van der Waals surface area contributed by atoms with Gasteiger partial charge in [-0.2, -0.15) is 0 Å². The molecule has 4 rings (SSSR count). The average molecular weight is 479 g/mol. The van der Waals surface area contributed by atoms with E-state index in [1.165, 1.54) is 27.2 Å². The standard InChI is InChI=1S/C28H34N2O5/c31-26(30-18-10-8-15-25(30)27(32)33)16-3-1-2-9-17-29-28(34)35-19-24-22-13-6-4-11-20(22)21-12-5-7-14-23(21)24/h4-7,11-14,24-25H,1-3,8-10,15-19H2,(H,29,34)(H,32,33)/t25-/m0/s1. The Balaban J connectivity index is 1.11. The Morgan fingerprint density at radius 3 is 2.26 bits per heavy atom. The summed E-state index contributed by atoms with van der Waals surface area (Å²) in [6.45, 7) is 1.37. The summed E-state index contributed by atoms with van der Waals surface area (Å²) in [6.07, 6.45) is 5.53. The van der Waals surface area contributed by atoms with Crippen LogP contribution >= 0.6 is 0 Å². The highest BCUT2D eigenvalue weighted by molar-refractivity contribution is 5.84. The minimum atomic E-state index is -0.905. The largest absolute Gasteiger partial charge is 0.480 e. The van der Waals surface area contributed by atoms with Gasteiger partial charge in [0, 0.05) is 25.4 Å². The van der Waals surface area contributed by atoms with Crippen molar-refractivity contribution in [2.24, 2.45) is 0 Å². The van der Waals surface area contributed by atoms with Gasteiger partial charge in [0.1, 0.15) is 12.6 Å². The molecule has 2 amide bonds. The van der Waals surface area contributed by atoms with E-state index in [9.17, 15) is 19.5 Å². The maximum absolute atomic E-state index is 12.4. The van der Waals surface area contributed by atoms with E-state index in [1.54, 1.807) is 0 Å². The maximum atomic E-state index is 12.4. The number of alkyl carbamates (subject to hydrolysis) is 1. The van der Waals surface area contributed by atoms with Gasteiger partial charge in [-0.15, -0.1) is 0 Å². The van der Waals surface area contributed by atoms with E-state index in [0.29, 0.717) is 32.5 Å². The number of fused-ring (bicyclic) bond motifs is 3. The molecule has 2 aromatic carbocycles. The number of likely N-dealkylation sites (tertiary alicyclic amines) is 1. The van der Waals surface area contributed by atoms with Gasteiger partial charge < -0.3 is 20.1 Å². The molecule has 0 bridgehead atoms. The van der Waals surface area contributed by atoms with Crippen LogP contribution in [0.5, 0.6) is 0 Å². The number of carbonyl (C=O) groups is 3. The van der Waals surface area contributed by atoms with Gasteiger partial charge in [-0.05, 0) is 54.4 Å². The molecule has 7 nitrogen and oxygen atoms in total. The number of nitrogens with zero attached hydrogens (tertiary/aromatic N) is 1. The van der Waals surface area contributed by atoms with Crippen LogP contribution in [-0.4, -0.2) is 53.7 Å². The lowest BCUT2D eigenvalue weighted by molar-refractivity contribution is -0.152. The number of carboxylic acids is 1. The third-order valence-electron chi connectivity index (χ3n) is 7.04. The zero-order chi connectivity index (χ0) is 24.6. The summed E-state index contributed by atoms with van der Waals surface area (Å²) in [5.41, 5.74) is 4.79. The molecule has 186 valence electrons. The monoisotopic (exact) mass is 478 g/mol. The Kier molecular flexibility index (Phi) is 8.40. The fraction of sp³-hybridized carbons (Fsp3) is 0.464. The molecule has 1 saturated heterocycles. The highest BCUT2D eigenvalue weighted by atomic mass is 16.5. The number of carbonyl (C=O) groups excluding carboxylic acids is 2. The first-order valence-electron chi connectivity index (χ1n) is 12.7. The lowest BCUT2D eigenvalue weighted by Crippen LogP contribution is -2.47. The molecule has 1 heterocycles. The van der Waals surface area contributed by atoms with Crippen LogP contribution in [0.2, 0.25) is 0 Å². The quantitative estimate of drug-likeness (QED) is 0.472. The zero-order valence-corrected chi connectivity index (χ0v) is 20.1. The number of hydrogen-bond donors (Lipinski definition) is 2. The predicted octanol–water partition coefficient (Wildman–Crippen LogP) is 4.94. The molecule has 0 aromatic heterocycles. The second kappa shape index (κ2) is 11.9. The first-order chi connectivity index (χ1) is 17.1. The normalized spacial score (nSPS) is 16.9. The first-order valence-corrected chi connectivity index (χ1v) is 12.7. The SMILES string of the molecule is O=C(NCCCCCCC(=O)N1CCCC[C@H]1C(=O)O)OCC1c2ccccc2-c2ccccc21. The lowest BCUT2D eigenvalue weighted by atomic mass is 9.98. The number of rotatable bonds is 10. The summed E-state index contributed by atoms with van der Waals surface area (Å²) in [7, 11) is 0. The molecule has 1 aliphatic carbocycles.